The van der Waals surface area contributed by atoms with E-state index in [2.05, 4.69) is 31.1 Å². The molecule has 2 amide bonds. The Morgan fingerprint density at radius 2 is 2.40 bits per heavy atom. The molecule has 2 rings (SSSR count). The molecule has 1 aliphatic rings. The van der Waals surface area contributed by atoms with E-state index in [9.17, 15) is 4.79 Å². The van der Waals surface area contributed by atoms with Gasteiger partial charge in [0.25, 0.3) is 0 Å². The Balaban J connectivity index is 1.85. The topological polar surface area (TPSA) is 54.5 Å². The maximum absolute atomic E-state index is 12.2. The lowest BCUT2D eigenvalue weighted by molar-refractivity contribution is -0.0872. The molecule has 1 N–H and O–H groups in total. The van der Waals surface area contributed by atoms with Crippen molar-refractivity contribution < 1.29 is 9.53 Å². The highest BCUT2D eigenvalue weighted by Gasteiger charge is 2.32. The average molecular weight is 297 g/mol. The third kappa shape index (κ3) is 3.70. The summed E-state index contributed by atoms with van der Waals surface area (Å²) in [4.78, 5) is 19.6. The second-order valence-corrected chi connectivity index (χ2v) is 6.51. The van der Waals surface area contributed by atoms with Gasteiger partial charge in [-0.25, -0.2) is 9.78 Å². The smallest absolute Gasteiger partial charge is 0.317 e. The maximum atomic E-state index is 12.2. The summed E-state index contributed by atoms with van der Waals surface area (Å²) in [6.07, 6.45) is 3.78. The van der Waals surface area contributed by atoms with E-state index in [0.717, 1.165) is 17.8 Å². The minimum Gasteiger partial charge on any atom is -0.372 e. The van der Waals surface area contributed by atoms with E-state index in [1.165, 1.54) is 4.88 Å². The van der Waals surface area contributed by atoms with Crippen LogP contribution in [0.25, 0.3) is 0 Å². The number of morpholine rings is 1. The molecule has 1 saturated heterocycles. The number of amides is 2. The highest BCUT2D eigenvalue weighted by atomic mass is 32.1. The second kappa shape index (κ2) is 6.54. The zero-order valence-corrected chi connectivity index (χ0v) is 13.3. The van der Waals surface area contributed by atoms with Gasteiger partial charge in [-0.2, -0.15) is 0 Å². The van der Waals surface area contributed by atoms with Crippen LogP contribution in [0.4, 0.5) is 4.79 Å². The fourth-order valence-electron chi connectivity index (χ4n) is 2.17. The third-order valence-electron chi connectivity index (χ3n) is 3.71. The SMILES string of the molecule is CCc1cnc(CNC(=O)N2CCO[C@](C)(CC)C2)s1. The minimum atomic E-state index is -0.216. The van der Waals surface area contributed by atoms with Crippen LogP contribution in [0.3, 0.4) is 0 Å². The Morgan fingerprint density at radius 1 is 1.60 bits per heavy atom. The number of carbonyl (C=O) groups excluding carboxylic acids is 1. The molecule has 1 atom stereocenters. The predicted molar refractivity (Wildman–Crippen MR) is 79.9 cm³/mol. The molecular weight excluding hydrogens is 274 g/mol. The summed E-state index contributed by atoms with van der Waals surface area (Å²) in [6.45, 7) is 8.66. The number of aryl methyl sites for hydroxylation is 1. The number of ether oxygens (including phenoxy) is 1. The van der Waals surface area contributed by atoms with E-state index in [0.29, 0.717) is 26.2 Å². The number of urea groups is 1. The van der Waals surface area contributed by atoms with Crippen LogP contribution in [0.15, 0.2) is 6.20 Å². The summed E-state index contributed by atoms with van der Waals surface area (Å²) in [7, 11) is 0. The molecule has 0 saturated carbocycles. The van der Waals surface area contributed by atoms with Gasteiger partial charge < -0.3 is 15.0 Å². The third-order valence-corrected chi connectivity index (χ3v) is 4.85. The summed E-state index contributed by atoms with van der Waals surface area (Å²) < 4.78 is 5.74. The fraction of sp³-hybridized carbons (Fsp3) is 0.714. The molecule has 20 heavy (non-hydrogen) atoms. The van der Waals surface area contributed by atoms with Crippen LogP contribution in [-0.2, 0) is 17.7 Å². The van der Waals surface area contributed by atoms with Crippen molar-refractivity contribution in [3.05, 3.63) is 16.1 Å². The van der Waals surface area contributed by atoms with Gasteiger partial charge in [-0.05, 0) is 19.8 Å². The first-order chi connectivity index (χ1) is 9.56. The molecule has 0 aliphatic carbocycles. The van der Waals surface area contributed by atoms with Crippen molar-refractivity contribution in [2.75, 3.05) is 19.7 Å². The van der Waals surface area contributed by atoms with E-state index < -0.39 is 0 Å². The van der Waals surface area contributed by atoms with Gasteiger partial charge in [-0.15, -0.1) is 11.3 Å². The zero-order chi connectivity index (χ0) is 14.6. The molecule has 112 valence electrons. The number of carbonyl (C=O) groups is 1. The van der Waals surface area contributed by atoms with Gasteiger partial charge in [0.15, 0.2) is 0 Å². The normalized spacial score (nSPS) is 22.9. The Labute approximate surface area is 124 Å². The summed E-state index contributed by atoms with van der Waals surface area (Å²) in [5, 5.41) is 3.91. The van der Waals surface area contributed by atoms with Crippen LogP contribution in [0.5, 0.6) is 0 Å². The highest BCUT2D eigenvalue weighted by Crippen LogP contribution is 2.21. The minimum absolute atomic E-state index is 0.0266. The van der Waals surface area contributed by atoms with Gasteiger partial charge in [0, 0.05) is 17.6 Å². The van der Waals surface area contributed by atoms with Crippen LogP contribution in [0.2, 0.25) is 0 Å². The summed E-state index contributed by atoms with van der Waals surface area (Å²) in [5.74, 6) is 0. The van der Waals surface area contributed by atoms with Crippen LogP contribution < -0.4 is 5.32 Å². The van der Waals surface area contributed by atoms with Crippen molar-refractivity contribution in [2.24, 2.45) is 0 Å². The maximum Gasteiger partial charge on any atom is 0.317 e. The van der Waals surface area contributed by atoms with Gasteiger partial charge in [-0.3, -0.25) is 0 Å². The van der Waals surface area contributed by atoms with Gasteiger partial charge >= 0.3 is 6.03 Å². The van der Waals surface area contributed by atoms with E-state index in [4.69, 9.17) is 4.74 Å². The van der Waals surface area contributed by atoms with E-state index in [1.807, 2.05) is 11.1 Å². The van der Waals surface area contributed by atoms with Crippen molar-refractivity contribution >= 4 is 17.4 Å². The van der Waals surface area contributed by atoms with E-state index >= 15 is 0 Å². The van der Waals surface area contributed by atoms with E-state index in [-0.39, 0.29) is 11.6 Å². The number of aromatic nitrogens is 1. The van der Waals surface area contributed by atoms with Crippen molar-refractivity contribution in [1.82, 2.24) is 15.2 Å². The lowest BCUT2D eigenvalue weighted by Crippen LogP contribution is -2.54. The van der Waals surface area contributed by atoms with Gasteiger partial charge in [0.05, 0.1) is 25.3 Å². The summed E-state index contributed by atoms with van der Waals surface area (Å²) in [6, 6.07) is -0.0266. The van der Waals surface area contributed by atoms with Gasteiger partial charge in [-0.1, -0.05) is 13.8 Å². The fourth-order valence-corrected chi connectivity index (χ4v) is 2.98. The highest BCUT2D eigenvalue weighted by molar-refractivity contribution is 7.11. The number of rotatable bonds is 4. The lowest BCUT2D eigenvalue weighted by Gasteiger charge is -2.39. The molecule has 0 radical (unpaired) electrons. The molecule has 2 heterocycles. The van der Waals surface area contributed by atoms with Crippen molar-refractivity contribution in [2.45, 2.75) is 45.8 Å². The van der Waals surface area contributed by atoms with Crippen LogP contribution in [0, 0.1) is 0 Å². The van der Waals surface area contributed by atoms with Gasteiger partial charge in [0.2, 0.25) is 0 Å². The Bertz CT molecular complexity index is 463. The molecular formula is C14H23N3O2S. The Hall–Kier alpha value is -1.14. The molecule has 0 spiro atoms. The number of thiazole rings is 1. The zero-order valence-electron chi connectivity index (χ0n) is 12.4. The number of hydrogen-bond donors (Lipinski definition) is 1. The van der Waals surface area contributed by atoms with Crippen molar-refractivity contribution in [3.8, 4) is 0 Å². The standard InChI is InChI=1S/C14H23N3O2S/c1-4-11-8-15-12(20-11)9-16-13(18)17-6-7-19-14(3,5-2)10-17/h8H,4-7,9-10H2,1-3H3,(H,16,18)/t14-/m1/s1. The number of hydrogen-bond acceptors (Lipinski definition) is 4. The van der Waals surface area contributed by atoms with Crippen molar-refractivity contribution in [1.29, 1.82) is 0 Å². The van der Waals surface area contributed by atoms with Gasteiger partial charge in [0.1, 0.15) is 5.01 Å². The largest absolute Gasteiger partial charge is 0.372 e. The molecule has 6 heteroatoms. The quantitative estimate of drug-likeness (QED) is 0.928. The monoisotopic (exact) mass is 297 g/mol. The van der Waals surface area contributed by atoms with Crippen LogP contribution in [-0.4, -0.2) is 41.2 Å². The number of nitrogens with one attached hydrogen (secondary N) is 1. The molecule has 1 aromatic rings. The molecule has 5 nitrogen and oxygen atoms in total. The number of nitrogens with zero attached hydrogens (tertiary/aromatic N) is 2. The molecule has 0 unspecified atom stereocenters. The first-order valence-corrected chi connectivity index (χ1v) is 7.98. The average Bonchev–Trinajstić information content (AvgIpc) is 2.93. The molecule has 1 aromatic heterocycles. The first kappa shape index (κ1) is 15.3. The predicted octanol–water partition coefficient (Wildman–Crippen LogP) is 2.42. The molecule has 0 bridgehead atoms. The van der Waals surface area contributed by atoms with Crippen molar-refractivity contribution in [3.63, 3.8) is 0 Å². The van der Waals surface area contributed by atoms with Crippen LogP contribution in [0.1, 0.15) is 37.1 Å². The summed E-state index contributed by atoms with van der Waals surface area (Å²) in [5.41, 5.74) is -0.216. The Kier molecular flexibility index (Phi) is 4.99. The molecule has 1 fully saturated rings. The second-order valence-electron chi connectivity index (χ2n) is 5.31. The molecule has 0 aromatic carbocycles. The summed E-state index contributed by atoms with van der Waals surface area (Å²) >= 11 is 1.66. The Morgan fingerprint density at radius 3 is 3.05 bits per heavy atom. The van der Waals surface area contributed by atoms with Crippen LogP contribution >= 0.6 is 11.3 Å². The molecule has 1 aliphatic heterocycles. The first-order valence-electron chi connectivity index (χ1n) is 7.16. The van der Waals surface area contributed by atoms with E-state index in [1.54, 1.807) is 11.3 Å². The lowest BCUT2D eigenvalue weighted by atomic mass is 10.0.